The van der Waals surface area contributed by atoms with Crippen LogP contribution in [0.5, 0.6) is 0 Å². The summed E-state index contributed by atoms with van der Waals surface area (Å²) in [5, 5.41) is 3.00. The molecule has 1 aromatic rings. The maximum absolute atomic E-state index is 11.9. The van der Waals surface area contributed by atoms with Crippen LogP contribution in [0.4, 0.5) is 5.69 Å². The summed E-state index contributed by atoms with van der Waals surface area (Å²) in [5.74, 6) is -0.0676. The molecule has 0 atom stereocenters. The summed E-state index contributed by atoms with van der Waals surface area (Å²) in [4.78, 5) is 14.7. The second-order valence-corrected chi connectivity index (χ2v) is 5.90. The molecule has 0 bridgehead atoms. The van der Waals surface area contributed by atoms with Crippen LogP contribution in [-0.2, 0) is 0 Å². The smallest absolute Gasteiger partial charge is 0.267 e. The van der Waals surface area contributed by atoms with Gasteiger partial charge in [0.1, 0.15) is 5.69 Å². The molecule has 0 aromatic carbocycles. The number of aromatic nitrogens is 1. The first-order valence-corrected chi connectivity index (χ1v) is 7.15. The monoisotopic (exact) mass is 253 g/mol. The molecule has 1 aliphatic rings. The van der Waals surface area contributed by atoms with E-state index in [0.29, 0.717) is 11.4 Å². The Labute approximate surface area is 106 Å². The molecule has 0 unspecified atom stereocenters. The quantitative estimate of drug-likeness (QED) is 0.768. The molecule has 4 N–H and O–H groups in total. The summed E-state index contributed by atoms with van der Waals surface area (Å²) < 4.78 is 0.244. The fourth-order valence-electron chi connectivity index (χ4n) is 2.35. The van der Waals surface area contributed by atoms with E-state index in [1.54, 1.807) is 12.3 Å². The third-order valence-electron chi connectivity index (χ3n) is 3.47. The summed E-state index contributed by atoms with van der Waals surface area (Å²) in [5.41, 5.74) is 6.70. The number of anilines is 1. The Morgan fingerprint density at radius 1 is 1.59 bits per heavy atom. The molecule has 0 aliphatic heterocycles. The Morgan fingerprint density at radius 2 is 2.29 bits per heavy atom. The second kappa shape index (κ2) is 5.04. The molecule has 0 spiro atoms. The minimum atomic E-state index is -0.0676. The topological polar surface area (TPSA) is 70.9 Å². The van der Waals surface area contributed by atoms with Gasteiger partial charge in [-0.25, -0.2) is 0 Å². The number of hydrogen-bond acceptors (Lipinski definition) is 3. The molecule has 1 saturated carbocycles. The van der Waals surface area contributed by atoms with Gasteiger partial charge in [0.2, 0.25) is 0 Å². The lowest BCUT2D eigenvalue weighted by molar-refractivity contribution is 0.0945. The van der Waals surface area contributed by atoms with Crippen molar-refractivity contribution < 1.29 is 4.79 Å². The number of nitrogens with one attached hydrogen (secondary N) is 2. The Balaban J connectivity index is 1.91. The van der Waals surface area contributed by atoms with E-state index in [0.717, 1.165) is 6.54 Å². The van der Waals surface area contributed by atoms with Gasteiger partial charge >= 0.3 is 0 Å². The van der Waals surface area contributed by atoms with E-state index in [9.17, 15) is 4.79 Å². The van der Waals surface area contributed by atoms with Crippen LogP contribution in [0.3, 0.4) is 0 Å². The highest BCUT2D eigenvalue weighted by atomic mass is 32.2. The SMILES string of the molecule is CSC1(CNC(=O)c2cc(N)c[nH]2)CCCC1. The molecule has 1 aliphatic carbocycles. The highest BCUT2D eigenvalue weighted by molar-refractivity contribution is 8.00. The van der Waals surface area contributed by atoms with Gasteiger partial charge in [-0.1, -0.05) is 12.8 Å². The van der Waals surface area contributed by atoms with E-state index in [1.807, 2.05) is 11.8 Å². The van der Waals surface area contributed by atoms with Crippen molar-refractivity contribution in [2.45, 2.75) is 30.4 Å². The largest absolute Gasteiger partial charge is 0.397 e. The maximum Gasteiger partial charge on any atom is 0.267 e. The predicted octanol–water partition coefficient (Wildman–Crippen LogP) is 2.00. The first kappa shape index (κ1) is 12.4. The number of nitrogen functional groups attached to an aromatic ring is 1. The molecule has 0 radical (unpaired) electrons. The first-order chi connectivity index (χ1) is 8.15. The molecule has 0 saturated heterocycles. The maximum atomic E-state index is 11.9. The minimum Gasteiger partial charge on any atom is -0.397 e. The zero-order chi connectivity index (χ0) is 12.3. The van der Waals surface area contributed by atoms with E-state index >= 15 is 0 Å². The molecule has 1 aromatic heterocycles. The number of aromatic amines is 1. The summed E-state index contributed by atoms with van der Waals surface area (Å²) in [6.07, 6.45) is 8.69. The van der Waals surface area contributed by atoms with E-state index in [2.05, 4.69) is 16.6 Å². The molecule has 1 heterocycles. The standard InChI is InChI=1S/C12H19N3OS/c1-17-12(4-2-3-5-12)8-15-11(16)10-6-9(13)7-14-10/h6-7,14H,2-5,8,13H2,1H3,(H,15,16). The summed E-state index contributed by atoms with van der Waals surface area (Å²) >= 11 is 1.87. The number of nitrogens with two attached hydrogens (primary N) is 1. The highest BCUT2D eigenvalue weighted by Crippen LogP contribution is 2.39. The molecular weight excluding hydrogens is 234 g/mol. The summed E-state index contributed by atoms with van der Waals surface area (Å²) in [7, 11) is 0. The average Bonchev–Trinajstić information content (AvgIpc) is 2.95. The lowest BCUT2D eigenvalue weighted by atomic mass is 10.1. The lowest BCUT2D eigenvalue weighted by Crippen LogP contribution is -2.38. The van der Waals surface area contributed by atoms with Crippen molar-refractivity contribution in [1.29, 1.82) is 0 Å². The van der Waals surface area contributed by atoms with E-state index < -0.39 is 0 Å². The van der Waals surface area contributed by atoms with Crippen molar-refractivity contribution in [2.24, 2.45) is 0 Å². The van der Waals surface area contributed by atoms with Gasteiger partial charge in [0.05, 0.1) is 0 Å². The zero-order valence-electron chi connectivity index (χ0n) is 10.1. The van der Waals surface area contributed by atoms with Crippen molar-refractivity contribution in [3.63, 3.8) is 0 Å². The number of hydrogen-bond donors (Lipinski definition) is 3. The van der Waals surface area contributed by atoms with Crippen molar-refractivity contribution >= 4 is 23.4 Å². The van der Waals surface area contributed by atoms with E-state index in [-0.39, 0.29) is 10.7 Å². The number of rotatable bonds is 4. The van der Waals surface area contributed by atoms with Gasteiger partial charge in [-0.05, 0) is 25.2 Å². The number of carbonyl (C=O) groups excluding carboxylic acids is 1. The van der Waals surface area contributed by atoms with Crippen molar-refractivity contribution in [3.8, 4) is 0 Å². The zero-order valence-corrected chi connectivity index (χ0v) is 10.9. The molecule has 1 fully saturated rings. The van der Waals surface area contributed by atoms with Gasteiger partial charge in [0, 0.05) is 23.2 Å². The average molecular weight is 253 g/mol. The normalized spacial score (nSPS) is 18.2. The molecule has 2 rings (SSSR count). The number of carbonyl (C=O) groups is 1. The Kier molecular flexibility index (Phi) is 3.66. The highest BCUT2D eigenvalue weighted by Gasteiger charge is 2.33. The number of amides is 1. The van der Waals surface area contributed by atoms with Crippen molar-refractivity contribution in [2.75, 3.05) is 18.5 Å². The van der Waals surface area contributed by atoms with Gasteiger partial charge in [-0.15, -0.1) is 0 Å². The molecule has 4 nitrogen and oxygen atoms in total. The Morgan fingerprint density at radius 3 is 2.82 bits per heavy atom. The first-order valence-electron chi connectivity index (χ1n) is 5.92. The van der Waals surface area contributed by atoms with Crippen LogP contribution in [0.15, 0.2) is 12.3 Å². The Bertz CT molecular complexity index is 396. The molecule has 17 heavy (non-hydrogen) atoms. The van der Waals surface area contributed by atoms with Crippen LogP contribution in [0.2, 0.25) is 0 Å². The Hall–Kier alpha value is -1.10. The van der Waals surface area contributed by atoms with Gasteiger partial charge in [0.15, 0.2) is 0 Å². The summed E-state index contributed by atoms with van der Waals surface area (Å²) in [6.45, 7) is 0.742. The fourth-order valence-corrected chi connectivity index (χ4v) is 3.26. The fraction of sp³-hybridized carbons (Fsp3) is 0.583. The van der Waals surface area contributed by atoms with Gasteiger partial charge in [-0.3, -0.25) is 4.79 Å². The molecule has 5 heteroatoms. The van der Waals surface area contributed by atoms with Crippen LogP contribution >= 0.6 is 11.8 Å². The van der Waals surface area contributed by atoms with Crippen LogP contribution in [0, 0.1) is 0 Å². The van der Waals surface area contributed by atoms with Crippen LogP contribution in [0.25, 0.3) is 0 Å². The van der Waals surface area contributed by atoms with Gasteiger partial charge in [-0.2, -0.15) is 11.8 Å². The molecule has 1 amide bonds. The predicted molar refractivity (Wildman–Crippen MR) is 72.3 cm³/mol. The van der Waals surface area contributed by atoms with E-state index in [4.69, 9.17) is 5.73 Å². The van der Waals surface area contributed by atoms with Crippen molar-refractivity contribution in [1.82, 2.24) is 10.3 Å². The number of thioether (sulfide) groups is 1. The lowest BCUT2D eigenvalue weighted by Gasteiger charge is -2.26. The van der Waals surface area contributed by atoms with Gasteiger partial charge in [0.25, 0.3) is 5.91 Å². The number of H-pyrrole nitrogens is 1. The van der Waals surface area contributed by atoms with Gasteiger partial charge < -0.3 is 16.0 Å². The summed E-state index contributed by atoms with van der Waals surface area (Å²) in [6, 6.07) is 1.66. The third kappa shape index (κ3) is 2.77. The van der Waals surface area contributed by atoms with Crippen molar-refractivity contribution in [3.05, 3.63) is 18.0 Å². The van der Waals surface area contributed by atoms with Crippen LogP contribution < -0.4 is 11.1 Å². The van der Waals surface area contributed by atoms with E-state index in [1.165, 1.54) is 25.7 Å². The second-order valence-electron chi connectivity index (χ2n) is 4.62. The minimum absolute atomic E-state index is 0.0676. The van der Waals surface area contributed by atoms with Crippen LogP contribution in [-0.4, -0.2) is 28.4 Å². The molecule has 94 valence electrons. The third-order valence-corrected chi connectivity index (χ3v) is 4.89. The van der Waals surface area contributed by atoms with Crippen LogP contribution in [0.1, 0.15) is 36.2 Å². The molecular formula is C12H19N3OS.